The van der Waals surface area contributed by atoms with E-state index in [2.05, 4.69) is 9.71 Å². The van der Waals surface area contributed by atoms with Gasteiger partial charge in [-0.25, -0.2) is 8.42 Å². The second kappa shape index (κ2) is 11.6. The predicted molar refractivity (Wildman–Crippen MR) is 141 cm³/mol. The molecule has 1 unspecified atom stereocenters. The van der Waals surface area contributed by atoms with Crippen molar-refractivity contribution in [2.45, 2.75) is 51.4 Å². The van der Waals surface area contributed by atoms with Crippen molar-refractivity contribution >= 4 is 27.1 Å². The molecule has 36 heavy (non-hydrogen) atoms. The maximum absolute atomic E-state index is 12.2. The van der Waals surface area contributed by atoms with Gasteiger partial charge in [-0.15, -0.1) is 0 Å². The molecule has 2 N–H and O–H groups in total. The third-order valence-corrected chi connectivity index (χ3v) is 7.63. The Bertz CT molecular complexity index is 1230. The highest BCUT2D eigenvalue weighted by molar-refractivity contribution is 7.92. The summed E-state index contributed by atoms with van der Waals surface area (Å²) < 4.78 is 38.8. The summed E-state index contributed by atoms with van der Waals surface area (Å²) in [6, 6.07) is 16.0. The van der Waals surface area contributed by atoms with Crippen LogP contribution in [0.5, 0.6) is 11.5 Å². The molecule has 2 aromatic carbocycles. The summed E-state index contributed by atoms with van der Waals surface area (Å²) in [7, 11) is -1.80. The fourth-order valence-corrected chi connectivity index (χ4v) is 5.53. The van der Waals surface area contributed by atoms with Gasteiger partial charge in [0.25, 0.3) is 0 Å². The number of benzene rings is 2. The molecule has 192 valence electrons. The Morgan fingerprint density at radius 1 is 1.08 bits per heavy atom. The second-order valence-electron chi connectivity index (χ2n) is 8.86. The molecule has 0 aliphatic heterocycles. The molecule has 0 bridgehead atoms. The Hall–Kier alpha value is -3.30. The molecule has 0 amide bonds. The minimum atomic E-state index is -3.41. The van der Waals surface area contributed by atoms with Crippen LogP contribution in [0.25, 0.3) is 0 Å². The first-order valence-corrected chi connectivity index (χ1v) is 13.9. The van der Waals surface area contributed by atoms with Crippen LogP contribution in [0.3, 0.4) is 0 Å². The molecule has 1 aromatic heterocycles. The molecule has 1 atom stereocenters. The number of hydrogen-bond donors (Lipinski definition) is 2. The molecule has 1 saturated carbocycles. The van der Waals surface area contributed by atoms with E-state index in [9.17, 15) is 13.5 Å². The van der Waals surface area contributed by atoms with Crippen molar-refractivity contribution in [1.82, 2.24) is 4.98 Å². The molecule has 1 fully saturated rings. The monoisotopic (exact) mass is 511 g/mol. The van der Waals surface area contributed by atoms with Gasteiger partial charge in [-0.05, 0) is 74.6 Å². The topological polar surface area (TPSA) is 101 Å². The molecule has 4 rings (SSSR count). The molecule has 0 radical (unpaired) electrons. The standard InChI is InChI=1S/C27H33N3O5S/c1-3-17-36(32,33)29-21-10-12-22(13-11-21)30(27(31)20-7-6-16-28-19-20)23-14-15-25(34-2)26(18-23)35-24-8-4-5-9-24/h6-7,10-16,18-19,24,27,29,31H,3-5,8-9,17H2,1-2H3. The minimum Gasteiger partial charge on any atom is -0.493 e. The lowest BCUT2D eigenvalue weighted by atomic mass is 10.1. The average Bonchev–Trinajstić information content (AvgIpc) is 3.39. The summed E-state index contributed by atoms with van der Waals surface area (Å²) in [5, 5.41) is 11.4. The fraction of sp³-hybridized carbons (Fsp3) is 0.370. The summed E-state index contributed by atoms with van der Waals surface area (Å²) >= 11 is 0. The van der Waals surface area contributed by atoms with Crippen molar-refractivity contribution in [3.63, 3.8) is 0 Å². The maximum Gasteiger partial charge on any atom is 0.232 e. The third-order valence-electron chi connectivity index (χ3n) is 6.14. The highest BCUT2D eigenvalue weighted by atomic mass is 32.2. The Labute approximate surface area is 213 Å². The SMILES string of the molecule is CCCS(=O)(=O)Nc1ccc(N(c2ccc(OC)c(OC3CCCC3)c2)C(O)c2cccnc2)cc1. The number of sulfonamides is 1. The van der Waals surface area contributed by atoms with Crippen LogP contribution in [0.15, 0.2) is 67.0 Å². The van der Waals surface area contributed by atoms with Crippen LogP contribution in [0.4, 0.5) is 17.1 Å². The first kappa shape index (κ1) is 25.8. The van der Waals surface area contributed by atoms with Crippen molar-refractivity contribution in [1.29, 1.82) is 0 Å². The number of nitrogens with one attached hydrogen (secondary N) is 1. The van der Waals surface area contributed by atoms with E-state index in [1.165, 1.54) is 0 Å². The van der Waals surface area contributed by atoms with Crippen LogP contribution in [0.2, 0.25) is 0 Å². The van der Waals surface area contributed by atoms with Gasteiger partial charge in [0.1, 0.15) is 0 Å². The number of anilines is 3. The van der Waals surface area contributed by atoms with Gasteiger partial charge in [-0.3, -0.25) is 9.71 Å². The smallest absolute Gasteiger partial charge is 0.232 e. The average molecular weight is 512 g/mol. The molecule has 0 saturated heterocycles. The van der Waals surface area contributed by atoms with Crippen LogP contribution in [-0.2, 0) is 10.0 Å². The molecular weight excluding hydrogens is 478 g/mol. The Morgan fingerprint density at radius 2 is 1.81 bits per heavy atom. The zero-order valence-corrected chi connectivity index (χ0v) is 21.4. The lowest BCUT2D eigenvalue weighted by Gasteiger charge is -2.31. The van der Waals surface area contributed by atoms with Crippen LogP contribution in [0.1, 0.15) is 50.8 Å². The summed E-state index contributed by atoms with van der Waals surface area (Å²) in [5.74, 6) is 1.30. The van der Waals surface area contributed by atoms with Gasteiger partial charge >= 0.3 is 0 Å². The highest BCUT2D eigenvalue weighted by Crippen LogP contribution is 2.40. The summed E-state index contributed by atoms with van der Waals surface area (Å²) in [6.45, 7) is 1.82. The van der Waals surface area contributed by atoms with Gasteiger partial charge in [0.15, 0.2) is 17.7 Å². The van der Waals surface area contributed by atoms with Crippen molar-refractivity contribution in [3.05, 3.63) is 72.6 Å². The maximum atomic E-state index is 12.2. The van der Waals surface area contributed by atoms with E-state index < -0.39 is 16.3 Å². The van der Waals surface area contributed by atoms with E-state index in [4.69, 9.17) is 9.47 Å². The number of ether oxygens (including phenoxy) is 2. The molecule has 1 aliphatic rings. The van der Waals surface area contributed by atoms with Crippen LogP contribution >= 0.6 is 0 Å². The van der Waals surface area contributed by atoms with Gasteiger partial charge in [-0.2, -0.15) is 0 Å². The molecule has 3 aromatic rings. The summed E-state index contributed by atoms with van der Waals surface area (Å²) in [6.07, 6.45) is 7.19. The Morgan fingerprint density at radius 3 is 2.44 bits per heavy atom. The number of aliphatic hydroxyl groups is 1. The first-order valence-electron chi connectivity index (χ1n) is 12.2. The third kappa shape index (κ3) is 6.27. The number of pyridine rings is 1. The van der Waals surface area contributed by atoms with E-state index in [0.717, 1.165) is 25.7 Å². The van der Waals surface area contributed by atoms with Gasteiger partial charge < -0.3 is 19.5 Å². The van der Waals surface area contributed by atoms with Gasteiger partial charge in [-0.1, -0.05) is 13.0 Å². The van der Waals surface area contributed by atoms with Crippen LogP contribution in [0, 0.1) is 0 Å². The summed E-state index contributed by atoms with van der Waals surface area (Å²) in [4.78, 5) is 5.90. The second-order valence-corrected chi connectivity index (χ2v) is 10.7. The van der Waals surface area contributed by atoms with Crippen LogP contribution in [-0.4, -0.2) is 37.5 Å². The minimum absolute atomic E-state index is 0.0518. The lowest BCUT2D eigenvalue weighted by molar-refractivity contribution is 0.183. The molecule has 1 aliphatic carbocycles. The van der Waals surface area contributed by atoms with Crippen LogP contribution < -0.4 is 19.1 Å². The van der Waals surface area contributed by atoms with E-state index in [1.54, 1.807) is 60.8 Å². The number of aromatic nitrogens is 1. The van der Waals surface area contributed by atoms with Gasteiger partial charge in [0.05, 0.1) is 19.0 Å². The molecule has 9 heteroatoms. The van der Waals surface area contributed by atoms with Gasteiger partial charge in [0.2, 0.25) is 10.0 Å². The number of nitrogens with zero attached hydrogens (tertiary/aromatic N) is 2. The van der Waals surface area contributed by atoms with E-state index >= 15 is 0 Å². The molecular formula is C27H33N3O5S. The molecule has 8 nitrogen and oxygen atoms in total. The fourth-order valence-electron chi connectivity index (χ4n) is 4.39. The van der Waals surface area contributed by atoms with Gasteiger partial charge in [0, 0.05) is 41.1 Å². The summed E-state index contributed by atoms with van der Waals surface area (Å²) in [5.41, 5.74) is 2.43. The number of rotatable bonds is 11. The van der Waals surface area contributed by atoms with Crippen molar-refractivity contribution in [2.24, 2.45) is 0 Å². The van der Waals surface area contributed by atoms with E-state index in [0.29, 0.717) is 40.5 Å². The quantitative estimate of drug-likeness (QED) is 0.333. The normalized spacial score (nSPS) is 14.9. The van der Waals surface area contributed by atoms with E-state index in [-0.39, 0.29) is 11.9 Å². The molecule has 1 heterocycles. The van der Waals surface area contributed by atoms with Crippen molar-refractivity contribution in [3.8, 4) is 11.5 Å². The van der Waals surface area contributed by atoms with Crippen molar-refractivity contribution in [2.75, 3.05) is 22.5 Å². The largest absolute Gasteiger partial charge is 0.493 e. The molecule has 0 spiro atoms. The number of hydrogen-bond acceptors (Lipinski definition) is 7. The number of methoxy groups -OCH3 is 1. The Balaban J connectivity index is 1.70. The van der Waals surface area contributed by atoms with E-state index in [1.807, 2.05) is 25.1 Å². The number of aliphatic hydroxyl groups excluding tert-OH is 1. The first-order chi connectivity index (χ1) is 17.4. The lowest BCUT2D eigenvalue weighted by Crippen LogP contribution is -2.24. The van der Waals surface area contributed by atoms with Crippen molar-refractivity contribution < 1.29 is 23.0 Å². The zero-order valence-electron chi connectivity index (χ0n) is 20.6. The predicted octanol–water partition coefficient (Wildman–Crippen LogP) is 5.39. The Kier molecular flexibility index (Phi) is 8.32. The highest BCUT2D eigenvalue weighted by Gasteiger charge is 2.24. The zero-order chi connectivity index (χ0) is 25.5.